The van der Waals surface area contributed by atoms with Gasteiger partial charge in [0, 0.05) is 19.8 Å². The number of halogens is 2. The minimum atomic E-state index is -0.453. The number of carbonyl (C=O) groups excluding carboxylic acids is 1. The second-order valence-corrected chi connectivity index (χ2v) is 4.61. The van der Waals surface area contributed by atoms with Crippen LogP contribution in [-0.2, 0) is 4.74 Å². The molecular formula is C14H19ClFNO2. The number of benzene rings is 1. The van der Waals surface area contributed by atoms with Crippen LogP contribution in [-0.4, -0.2) is 25.7 Å². The molecule has 5 heteroatoms. The molecule has 0 unspecified atom stereocenters. The first-order valence-electron chi connectivity index (χ1n) is 6.46. The lowest BCUT2D eigenvalue weighted by molar-refractivity contribution is 0.0940. The molecule has 1 aromatic carbocycles. The number of ether oxygens (including phenoxy) is 1. The molecule has 0 saturated carbocycles. The molecule has 0 aliphatic carbocycles. The van der Waals surface area contributed by atoms with Crippen molar-refractivity contribution in [2.24, 2.45) is 0 Å². The first kappa shape index (κ1) is 15.9. The summed E-state index contributed by atoms with van der Waals surface area (Å²) >= 11 is 5.80. The fourth-order valence-corrected chi connectivity index (χ4v) is 1.75. The van der Waals surface area contributed by atoms with Crippen LogP contribution in [0.5, 0.6) is 0 Å². The molecule has 0 aliphatic heterocycles. The van der Waals surface area contributed by atoms with Gasteiger partial charge >= 0.3 is 0 Å². The SMILES string of the molecule is CCCCOCCCNC(=O)c1ccc(F)cc1Cl. The quantitative estimate of drug-likeness (QED) is 0.744. The van der Waals surface area contributed by atoms with E-state index in [2.05, 4.69) is 12.2 Å². The van der Waals surface area contributed by atoms with Gasteiger partial charge in [-0.25, -0.2) is 4.39 Å². The summed E-state index contributed by atoms with van der Waals surface area (Å²) in [6.07, 6.45) is 2.91. The maximum absolute atomic E-state index is 12.8. The van der Waals surface area contributed by atoms with Crippen molar-refractivity contribution in [2.45, 2.75) is 26.2 Å². The van der Waals surface area contributed by atoms with Gasteiger partial charge in [-0.3, -0.25) is 4.79 Å². The van der Waals surface area contributed by atoms with Crippen LogP contribution in [0.4, 0.5) is 4.39 Å². The van der Waals surface area contributed by atoms with Gasteiger partial charge in [-0.05, 0) is 31.0 Å². The van der Waals surface area contributed by atoms with E-state index in [0.717, 1.165) is 31.9 Å². The molecule has 0 fully saturated rings. The van der Waals surface area contributed by atoms with Crippen molar-refractivity contribution in [3.8, 4) is 0 Å². The van der Waals surface area contributed by atoms with Crippen LogP contribution in [0.3, 0.4) is 0 Å². The number of hydrogen-bond acceptors (Lipinski definition) is 2. The second-order valence-electron chi connectivity index (χ2n) is 4.20. The van der Waals surface area contributed by atoms with Gasteiger partial charge < -0.3 is 10.1 Å². The standard InChI is InChI=1S/C14H19ClFNO2/c1-2-3-8-19-9-4-7-17-14(18)12-6-5-11(16)10-13(12)15/h5-6,10H,2-4,7-9H2,1H3,(H,17,18). The van der Waals surface area contributed by atoms with E-state index in [-0.39, 0.29) is 16.5 Å². The lowest BCUT2D eigenvalue weighted by Gasteiger charge is -2.07. The smallest absolute Gasteiger partial charge is 0.252 e. The molecule has 0 bridgehead atoms. The van der Waals surface area contributed by atoms with Gasteiger partial charge in [-0.2, -0.15) is 0 Å². The predicted molar refractivity (Wildman–Crippen MR) is 74.1 cm³/mol. The highest BCUT2D eigenvalue weighted by molar-refractivity contribution is 6.33. The van der Waals surface area contributed by atoms with E-state index in [0.29, 0.717) is 13.2 Å². The number of rotatable bonds is 8. The normalized spacial score (nSPS) is 10.5. The van der Waals surface area contributed by atoms with Crippen LogP contribution < -0.4 is 5.32 Å². The van der Waals surface area contributed by atoms with Crippen LogP contribution in [0, 0.1) is 5.82 Å². The zero-order chi connectivity index (χ0) is 14.1. The Morgan fingerprint density at radius 2 is 2.11 bits per heavy atom. The van der Waals surface area contributed by atoms with Crippen LogP contribution in [0.15, 0.2) is 18.2 Å². The lowest BCUT2D eigenvalue weighted by Crippen LogP contribution is -2.25. The van der Waals surface area contributed by atoms with E-state index in [1.54, 1.807) is 0 Å². The number of unbranched alkanes of at least 4 members (excludes halogenated alkanes) is 1. The van der Waals surface area contributed by atoms with E-state index in [4.69, 9.17) is 16.3 Å². The molecule has 0 atom stereocenters. The third-order valence-electron chi connectivity index (χ3n) is 2.57. The molecular weight excluding hydrogens is 269 g/mol. The molecule has 0 heterocycles. The lowest BCUT2D eigenvalue weighted by atomic mass is 10.2. The third-order valence-corrected chi connectivity index (χ3v) is 2.88. The summed E-state index contributed by atoms with van der Waals surface area (Å²) in [5, 5.41) is 2.85. The van der Waals surface area contributed by atoms with Crippen molar-refractivity contribution in [2.75, 3.05) is 19.8 Å². The zero-order valence-electron chi connectivity index (χ0n) is 11.0. The molecule has 0 aliphatic rings. The summed E-state index contributed by atoms with van der Waals surface area (Å²) < 4.78 is 18.2. The third kappa shape index (κ3) is 6.03. The number of carbonyl (C=O) groups is 1. The van der Waals surface area contributed by atoms with Gasteiger partial charge in [0.15, 0.2) is 0 Å². The Morgan fingerprint density at radius 3 is 2.79 bits per heavy atom. The highest BCUT2D eigenvalue weighted by Gasteiger charge is 2.10. The van der Waals surface area contributed by atoms with E-state index >= 15 is 0 Å². The minimum Gasteiger partial charge on any atom is -0.381 e. The zero-order valence-corrected chi connectivity index (χ0v) is 11.8. The maximum atomic E-state index is 12.8. The van der Waals surface area contributed by atoms with E-state index in [9.17, 15) is 9.18 Å². The van der Waals surface area contributed by atoms with E-state index < -0.39 is 5.82 Å². The number of amides is 1. The minimum absolute atomic E-state index is 0.122. The highest BCUT2D eigenvalue weighted by Crippen LogP contribution is 2.16. The molecule has 3 nitrogen and oxygen atoms in total. The van der Waals surface area contributed by atoms with Gasteiger partial charge in [0.2, 0.25) is 0 Å². The largest absolute Gasteiger partial charge is 0.381 e. The van der Waals surface area contributed by atoms with E-state index in [1.807, 2.05) is 0 Å². The van der Waals surface area contributed by atoms with Crippen molar-refractivity contribution in [1.29, 1.82) is 0 Å². The Labute approximate surface area is 118 Å². The Kier molecular flexibility index (Phi) is 7.45. The molecule has 0 saturated heterocycles. The van der Waals surface area contributed by atoms with Crippen molar-refractivity contribution in [1.82, 2.24) is 5.32 Å². The molecule has 106 valence electrons. The first-order chi connectivity index (χ1) is 9.15. The highest BCUT2D eigenvalue weighted by atomic mass is 35.5. The monoisotopic (exact) mass is 287 g/mol. The Bertz CT molecular complexity index is 412. The van der Waals surface area contributed by atoms with Crippen LogP contribution >= 0.6 is 11.6 Å². The van der Waals surface area contributed by atoms with Gasteiger partial charge in [0.1, 0.15) is 5.82 Å². The second kappa shape index (κ2) is 8.88. The Balaban J connectivity index is 2.24. The summed E-state index contributed by atoms with van der Waals surface area (Å²) in [4.78, 5) is 11.8. The van der Waals surface area contributed by atoms with Gasteiger partial charge in [-0.15, -0.1) is 0 Å². The van der Waals surface area contributed by atoms with E-state index in [1.165, 1.54) is 12.1 Å². The topological polar surface area (TPSA) is 38.3 Å². The van der Waals surface area contributed by atoms with Crippen LogP contribution in [0.1, 0.15) is 36.5 Å². The summed E-state index contributed by atoms with van der Waals surface area (Å²) in [5.74, 6) is -0.746. The average Bonchev–Trinajstić information content (AvgIpc) is 2.37. The molecule has 0 aromatic heterocycles. The molecule has 0 radical (unpaired) electrons. The summed E-state index contributed by atoms with van der Waals surface area (Å²) in [5.41, 5.74) is 0.287. The molecule has 1 aromatic rings. The Morgan fingerprint density at radius 1 is 1.37 bits per heavy atom. The summed E-state index contributed by atoms with van der Waals surface area (Å²) in [6.45, 7) is 4.00. The molecule has 0 spiro atoms. The first-order valence-corrected chi connectivity index (χ1v) is 6.84. The summed E-state index contributed by atoms with van der Waals surface area (Å²) in [6, 6.07) is 3.73. The molecule has 1 N–H and O–H groups in total. The fraction of sp³-hybridized carbons (Fsp3) is 0.500. The summed E-state index contributed by atoms with van der Waals surface area (Å²) in [7, 11) is 0. The van der Waals surface area contributed by atoms with Gasteiger partial charge in [-0.1, -0.05) is 24.9 Å². The number of hydrogen-bond donors (Lipinski definition) is 1. The number of nitrogens with one attached hydrogen (secondary N) is 1. The van der Waals surface area contributed by atoms with Gasteiger partial charge in [0.05, 0.1) is 10.6 Å². The molecule has 1 rings (SSSR count). The molecule has 19 heavy (non-hydrogen) atoms. The van der Waals surface area contributed by atoms with Crippen molar-refractivity contribution in [3.63, 3.8) is 0 Å². The Hall–Kier alpha value is -1.13. The maximum Gasteiger partial charge on any atom is 0.252 e. The van der Waals surface area contributed by atoms with Crippen LogP contribution in [0.25, 0.3) is 0 Å². The fourth-order valence-electron chi connectivity index (χ4n) is 1.49. The average molecular weight is 288 g/mol. The predicted octanol–water partition coefficient (Wildman–Crippen LogP) is 3.42. The van der Waals surface area contributed by atoms with Gasteiger partial charge in [0.25, 0.3) is 5.91 Å². The van der Waals surface area contributed by atoms with Crippen molar-refractivity contribution < 1.29 is 13.9 Å². The van der Waals surface area contributed by atoms with Crippen molar-refractivity contribution >= 4 is 17.5 Å². The molecule has 1 amide bonds. The van der Waals surface area contributed by atoms with Crippen LogP contribution in [0.2, 0.25) is 5.02 Å². The van der Waals surface area contributed by atoms with Crippen molar-refractivity contribution in [3.05, 3.63) is 34.6 Å².